The van der Waals surface area contributed by atoms with Gasteiger partial charge in [0.15, 0.2) is 0 Å². The molecule has 194 valence electrons. The van der Waals surface area contributed by atoms with Gasteiger partial charge in [0.2, 0.25) is 5.96 Å². The molecule has 2 aromatic heterocycles. The fourth-order valence-corrected chi connectivity index (χ4v) is 4.92. The van der Waals surface area contributed by atoms with Crippen LogP contribution in [0, 0.1) is 0 Å². The van der Waals surface area contributed by atoms with E-state index in [2.05, 4.69) is 30.5 Å². The number of hydrogen-bond acceptors (Lipinski definition) is 8. The van der Waals surface area contributed by atoms with E-state index in [-0.39, 0.29) is 5.91 Å². The normalized spacial score (nSPS) is 19.2. The summed E-state index contributed by atoms with van der Waals surface area (Å²) in [6, 6.07) is 9.64. The number of nitrogens with zero attached hydrogens (tertiary/aromatic N) is 6. The van der Waals surface area contributed by atoms with Gasteiger partial charge < -0.3 is 25.7 Å². The molecule has 12 nitrogen and oxygen atoms in total. The van der Waals surface area contributed by atoms with E-state index in [4.69, 9.17) is 16.4 Å². The highest BCUT2D eigenvalue weighted by atomic mass is 16.5. The molecule has 4 heterocycles. The number of nitrogens with two attached hydrogens (primary N) is 2. The second-order valence-electron chi connectivity index (χ2n) is 9.67. The van der Waals surface area contributed by atoms with Crippen LogP contribution in [0.4, 0.5) is 11.5 Å². The minimum Gasteiger partial charge on any atom is -0.378 e. The molecule has 0 aliphatic carbocycles. The van der Waals surface area contributed by atoms with Gasteiger partial charge in [-0.05, 0) is 51.1 Å². The summed E-state index contributed by atoms with van der Waals surface area (Å²) in [6.07, 6.45) is 1.79. The lowest BCUT2D eigenvalue weighted by Gasteiger charge is -2.46. The molecule has 0 radical (unpaired) electrons. The number of benzene rings is 1. The average Bonchev–Trinajstić information content (AvgIpc) is 3.32. The van der Waals surface area contributed by atoms with Gasteiger partial charge in [0.1, 0.15) is 11.5 Å². The molecule has 12 heteroatoms. The van der Waals surface area contributed by atoms with Crippen LogP contribution >= 0.6 is 0 Å². The number of carbonyl (C=O) groups excluding carboxylic acids is 1. The number of aromatic nitrogens is 3. The number of H-pyrrole nitrogens is 1. The number of fused-ring (bicyclic) bond motifs is 1. The second-order valence-corrected chi connectivity index (χ2v) is 9.67. The van der Waals surface area contributed by atoms with Crippen LogP contribution in [-0.4, -0.2) is 75.8 Å². The first-order valence-corrected chi connectivity index (χ1v) is 12.1. The van der Waals surface area contributed by atoms with Crippen molar-refractivity contribution in [3.05, 3.63) is 47.8 Å². The Kier molecular flexibility index (Phi) is 6.21. The number of hydrazone groups is 1. The summed E-state index contributed by atoms with van der Waals surface area (Å²) in [5, 5.41) is 16.8. The number of guanidine groups is 1. The Morgan fingerprint density at radius 2 is 1.97 bits per heavy atom. The number of morpholine rings is 1. The summed E-state index contributed by atoms with van der Waals surface area (Å²) in [5.41, 5.74) is 3.62. The molecule has 6 N–H and O–H groups in total. The summed E-state index contributed by atoms with van der Waals surface area (Å²) in [5.74, 6) is 12.8. The Hall–Kier alpha value is -4.16. The van der Waals surface area contributed by atoms with Crippen LogP contribution in [0.3, 0.4) is 0 Å². The highest BCUT2D eigenvalue weighted by Crippen LogP contribution is 2.34. The van der Waals surface area contributed by atoms with Crippen molar-refractivity contribution in [2.24, 2.45) is 16.8 Å². The minimum absolute atomic E-state index is 0.260. The van der Waals surface area contributed by atoms with Crippen molar-refractivity contribution in [1.29, 1.82) is 0 Å². The van der Waals surface area contributed by atoms with Crippen molar-refractivity contribution in [2.45, 2.75) is 26.3 Å². The molecule has 2 aliphatic rings. The van der Waals surface area contributed by atoms with Crippen LogP contribution in [0.1, 0.15) is 20.8 Å². The van der Waals surface area contributed by atoms with E-state index in [0.717, 1.165) is 41.1 Å². The van der Waals surface area contributed by atoms with Crippen LogP contribution < -0.4 is 21.9 Å². The summed E-state index contributed by atoms with van der Waals surface area (Å²) in [7, 11) is 1.77. The molecule has 2 aliphatic heterocycles. The van der Waals surface area contributed by atoms with Crippen molar-refractivity contribution in [3.63, 3.8) is 0 Å². The number of amides is 1. The lowest BCUT2D eigenvalue weighted by Crippen LogP contribution is -2.63. The van der Waals surface area contributed by atoms with E-state index in [1.165, 1.54) is 5.01 Å². The maximum absolute atomic E-state index is 13.5. The molecule has 1 aromatic carbocycles. The van der Waals surface area contributed by atoms with E-state index in [9.17, 15) is 4.79 Å². The second kappa shape index (κ2) is 9.37. The largest absolute Gasteiger partial charge is 0.378 e. The number of carbonyl (C=O) groups is 1. The zero-order chi connectivity index (χ0) is 26.3. The molecule has 0 saturated carbocycles. The van der Waals surface area contributed by atoms with Crippen molar-refractivity contribution >= 4 is 34.3 Å². The van der Waals surface area contributed by atoms with Crippen LogP contribution in [0.2, 0.25) is 0 Å². The lowest BCUT2D eigenvalue weighted by molar-refractivity contribution is -0.114. The molecule has 0 atom stereocenters. The number of pyridine rings is 1. The number of hydrazine groups is 1. The van der Waals surface area contributed by atoms with Gasteiger partial charge >= 0.3 is 0 Å². The number of rotatable bonds is 4. The Bertz CT molecular complexity index is 1400. The third-order valence-electron chi connectivity index (χ3n) is 7.11. The summed E-state index contributed by atoms with van der Waals surface area (Å²) in [6.45, 7) is 8.53. The summed E-state index contributed by atoms with van der Waals surface area (Å²) < 4.78 is 5.46. The molecule has 3 aromatic rings. The first-order valence-electron chi connectivity index (χ1n) is 12.1. The third kappa shape index (κ3) is 4.23. The van der Waals surface area contributed by atoms with E-state index in [1.54, 1.807) is 18.1 Å². The molecule has 0 unspecified atom stereocenters. The van der Waals surface area contributed by atoms with Gasteiger partial charge in [0, 0.05) is 48.7 Å². The lowest BCUT2D eigenvalue weighted by atomic mass is 9.88. The van der Waals surface area contributed by atoms with E-state index in [1.807, 2.05) is 51.1 Å². The first kappa shape index (κ1) is 24.5. The van der Waals surface area contributed by atoms with Gasteiger partial charge in [0.05, 0.1) is 29.8 Å². The Morgan fingerprint density at radius 3 is 2.70 bits per heavy atom. The monoisotopic (exact) mass is 504 g/mol. The highest BCUT2D eigenvalue weighted by Gasteiger charge is 2.43. The number of anilines is 2. The van der Waals surface area contributed by atoms with Crippen molar-refractivity contribution in [1.82, 2.24) is 25.1 Å². The van der Waals surface area contributed by atoms with Gasteiger partial charge in [0.25, 0.3) is 5.91 Å². The molecular weight excluding hydrogens is 472 g/mol. The number of aromatic amines is 1. The van der Waals surface area contributed by atoms with Gasteiger partial charge in [-0.2, -0.15) is 5.10 Å². The van der Waals surface area contributed by atoms with Crippen molar-refractivity contribution in [3.8, 4) is 11.3 Å². The van der Waals surface area contributed by atoms with E-state index in [0.29, 0.717) is 36.1 Å². The van der Waals surface area contributed by atoms with Crippen LogP contribution in [0.15, 0.2) is 52.9 Å². The fraction of sp³-hybridized carbons (Fsp3) is 0.360. The van der Waals surface area contributed by atoms with Crippen LogP contribution in [0.5, 0.6) is 0 Å². The smallest absolute Gasteiger partial charge is 0.255 e. The zero-order valence-electron chi connectivity index (χ0n) is 21.4. The van der Waals surface area contributed by atoms with Gasteiger partial charge in [-0.3, -0.25) is 14.9 Å². The van der Waals surface area contributed by atoms with Crippen LogP contribution in [-0.2, 0) is 9.53 Å². The number of allylic oxidation sites excluding steroid dienone is 1. The third-order valence-corrected chi connectivity index (χ3v) is 7.11. The molecule has 37 heavy (non-hydrogen) atoms. The topological polar surface area (TPSA) is 154 Å². The van der Waals surface area contributed by atoms with Gasteiger partial charge in [-0.15, -0.1) is 5.10 Å². The minimum atomic E-state index is -0.837. The quantitative estimate of drug-likeness (QED) is 0.308. The molecule has 1 fully saturated rings. The maximum Gasteiger partial charge on any atom is 0.255 e. The molecule has 1 amide bonds. The Balaban J connectivity index is 1.46. The molecular formula is C25H32N10O2. The predicted molar refractivity (Wildman–Crippen MR) is 143 cm³/mol. The Morgan fingerprint density at radius 1 is 1.22 bits per heavy atom. The summed E-state index contributed by atoms with van der Waals surface area (Å²) in [4.78, 5) is 22.0. The fourth-order valence-electron chi connectivity index (χ4n) is 4.92. The summed E-state index contributed by atoms with van der Waals surface area (Å²) >= 11 is 0. The predicted octanol–water partition coefficient (Wildman–Crippen LogP) is 1.80. The number of nitrogens with one attached hydrogen (secondary N) is 2. The zero-order valence-corrected chi connectivity index (χ0v) is 21.4. The van der Waals surface area contributed by atoms with E-state index >= 15 is 0 Å². The Labute approximate surface area is 214 Å². The average molecular weight is 505 g/mol. The van der Waals surface area contributed by atoms with Gasteiger partial charge in [-0.1, -0.05) is 0 Å². The number of ether oxygens (including phenoxy) is 1. The molecule has 0 spiro atoms. The maximum atomic E-state index is 13.5. The van der Waals surface area contributed by atoms with Crippen LogP contribution in [0.25, 0.3) is 22.2 Å². The first-order chi connectivity index (χ1) is 17.7. The number of hydrogen-bond donors (Lipinski definition) is 4. The van der Waals surface area contributed by atoms with Crippen molar-refractivity contribution in [2.75, 3.05) is 43.6 Å². The molecule has 1 saturated heterocycles. The van der Waals surface area contributed by atoms with E-state index < -0.39 is 5.54 Å². The highest BCUT2D eigenvalue weighted by molar-refractivity contribution is 6.08. The van der Waals surface area contributed by atoms with Crippen molar-refractivity contribution < 1.29 is 9.53 Å². The molecule has 0 bridgehead atoms. The SMILES string of the molecule is CC1=C(C(=O)Nc2ccc3[nH]nc(-c4ccnc(N5CCOCC5)c4)c3c2)C(C)(C)N(N)/C(=N\N)N1C. The standard InChI is InChI=1S/C25H32N10O2/c1-15-21(25(2,3)35(27)24(30-26)33(15)4)23(36)29-17-5-6-19-18(14-17)22(32-31-19)16-7-8-28-20(13-16)34-9-11-37-12-10-34/h5-8,13-14H,9-12,26-27H2,1-4H3,(H,29,36)(H,31,32)/b30-24-. The van der Waals surface area contributed by atoms with Gasteiger partial charge in [-0.25, -0.2) is 10.8 Å². The molecule has 5 rings (SSSR count).